The number of hydrogen-bond donors (Lipinski definition) is 4. The molecule has 2 aliphatic carbocycles. The highest BCUT2D eigenvalue weighted by Crippen LogP contribution is 2.52. The first kappa shape index (κ1) is 28.8. The zero-order valence-electron chi connectivity index (χ0n) is 22.1. The highest BCUT2D eigenvalue weighted by atomic mass is 32.2. The Morgan fingerprint density at radius 2 is 1.66 bits per heavy atom. The lowest BCUT2D eigenvalue weighted by Crippen LogP contribution is -2.36. The Balaban J connectivity index is 0.881. The van der Waals surface area contributed by atoms with Gasteiger partial charge in [-0.2, -0.15) is 11.8 Å². The summed E-state index contributed by atoms with van der Waals surface area (Å²) in [6.45, 7) is 3.05. The number of carbonyl (C=O) groups is 3. The molecular formula is C27H42N4O6S. The first-order valence-electron chi connectivity index (χ1n) is 14.1. The van der Waals surface area contributed by atoms with Crippen LogP contribution in [-0.2, 0) is 19.0 Å². The van der Waals surface area contributed by atoms with E-state index in [1.165, 1.54) is 0 Å². The first-order chi connectivity index (χ1) is 18.6. The molecule has 4 N–H and O–H groups in total. The summed E-state index contributed by atoms with van der Waals surface area (Å²) in [4.78, 5) is 35.3. The maximum absolute atomic E-state index is 12.0. The van der Waals surface area contributed by atoms with Crippen LogP contribution in [0.3, 0.4) is 0 Å². The minimum absolute atomic E-state index is 0.0380. The number of urea groups is 1. The quantitative estimate of drug-likeness (QED) is 0.132. The number of rotatable bonds is 16. The minimum atomic E-state index is -0.387. The van der Waals surface area contributed by atoms with Crippen LogP contribution in [0.25, 0.3) is 0 Å². The molecule has 0 spiro atoms. The van der Waals surface area contributed by atoms with Crippen molar-refractivity contribution in [2.75, 3.05) is 51.9 Å². The summed E-state index contributed by atoms with van der Waals surface area (Å²) in [7, 11) is 0. The van der Waals surface area contributed by atoms with Gasteiger partial charge in [0.25, 0.3) is 0 Å². The molecule has 0 aromatic rings. The third kappa shape index (κ3) is 9.24. The lowest BCUT2D eigenvalue weighted by atomic mass is 10.0. The number of carbonyl (C=O) groups excluding carboxylic acids is 3. The largest absolute Gasteiger partial charge is 0.449 e. The molecule has 6 atom stereocenters. The fourth-order valence-electron chi connectivity index (χ4n) is 5.68. The van der Waals surface area contributed by atoms with Crippen molar-refractivity contribution in [2.45, 2.75) is 68.7 Å². The third-order valence-corrected chi connectivity index (χ3v) is 9.29. The van der Waals surface area contributed by atoms with E-state index in [1.807, 2.05) is 11.8 Å². The Kier molecular flexibility index (Phi) is 11.7. The summed E-state index contributed by atoms with van der Waals surface area (Å²) in [6.07, 6.45) is 7.12. The van der Waals surface area contributed by atoms with E-state index in [2.05, 4.69) is 33.1 Å². The molecule has 11 heteroatoms. The van der Waals surface area contributed by atoms with Gasteiger partial charge in [0, 0.05) is 43.4 Å². The Morgan fingerprint density at radius 1 is 0.947 bits per heavy atom. The highest BCUT2D eigenvalue weighted by molar-refractivity contribution is 8.00. The summed E-state index contributed by atoms with van der Waals surface area (Å²) >= 11 is 1.90. The van der Waals surface area contributed by atoms with Crippen molar-refractivity contribution in [3.63, 3.8) is 0 Å². The Labute approximate surface area is 229 Å². The standard InChI is InChI=1S/C27H42N4O6S/c32-24(10-6-5-9-23-25-22(18-38-23)30-26(33)31-25)28-11-13-35-15-16-36-14-12-29-27(34)37-17-21-19-7-3-1-2-4-8-20(19)21/h19-23,25H,3-18H2,(H,28,32)(H,29,34)(H2,30,31,33)/t19-,20+,21?,22-,23-,25-/m1/s1. The fourth-order valence-corrected chi connectivity index (χ4v) is 7.22. The van der Waals surface area contributed by atoms with E-state index < -0.39 is 0 Å². The van der Waals surface area contributed by atoms with Gasteiger partial charge in [0.15, 0.2) is 0 Å². The van der Waals surface area contributed by atoms with Crippen LogP contribution in [0.1, 0.15) is 51.4 Å². The fraction of sp³-hybridized carbons (Fsp3) is 0.815. The maximum atomic E-state index is 12.0. The van der Waals surface area contributed by atoms with Crippen LogP contribution < -0.4 is 21.3 Å². The lowest BCUT2D eigenvalue weighted by molar-refractivity contribution is -0.121. The zero-order valence-corrected chi connectivity index (χ0v) is 23.0. The van der Waals surface area contributed by atoms with Gasteiger partial charge in [0.2, 0.25) is 5.91 Å². The molecule has 212 valence electrons. The van der Waals surface area contributed by atoms with E-state index >= 15 is 0 Å². The van der Waals surface area contributed by atoms with E-state index in [4.69, 9.17) is 14.2 Å². The molecule has 3 fully saturated rings. The second kappa shape index (κ2) is 15.4. The number of amides is 4. The summed E-state index contributed by atoms with van der Waals surface area (Å²) in [5, 5.41) is 12.0. The predicted molar refractivity (Wildman–Crippen MR) is 145 cm³/mol. The van der Waals surface area contributed by atoms with Crippen molar-refractivity contribution < 1.29 is 28.6 Å². The Hall–Kier alpha value is -2.16. The SMILES string of the molecule is O=C(CCCC[C@H]1SC[C@H]2NC(=O)N[C@H]21)NCCOCCOCCNC(=O)OCC1[C@H]2CCC#CCC[C@@H]12. The average molecular weight is 551 g/mol. The van der Waals surface area contributed by atoms with Crippen LogP contribution in [-0.4, -0.2) is 87.2 Å². The second-order valence-electron chi connectivity index (χ2n) is 10.4. The number of fused-ring (bicyclic) bond motifs is 2. The van der Waals surface area contributed by atoms with Crippen molar-refractivity contribution in [3.05, 3.63) is 0 Å². The smallest absolute Gasteiger partial charge is 0.407 e. The molecule has 4 aliphatic rings. The normalized spacial score (nSPS) is 28.9. The minimum Gasteiger partial charge on any atom is -0.449 e. The number of alkyl carbamates (subject to hydrolysis) is 1. The number of unbranched alkanes of at least 4 members (excludes halogenated alkanes) is 1. The highest BCUT2D eigenvalue weighted by Gasteiger charge is 2.49. The van der Waals surface area contributed by atoms with Gasteiger partial charge in [-0.05, 0) is 43.4 Å². The summed E-state index contributed by atoms with van der Waals surface area (Å²) in [5.74, 6) is 9.22. The molecule has 4 amide bonds. The molecule has 0 aromatic carbocycles. The van der Waals surface area contributed by atoms with E-state index in [1.54, 1.807) is 0 Å². The number of thioether (sulfide) groups is 1. The van der Waals surface area contributed by atoms with Gasteiger partial charge in [0.05, 0.1) is 45.1 Å². The maximum Gasteiger partial charge on any atom is 0.407 e. The molecule has 10 nitrogen and oxygen atoms in total. The number of nitrogens with one attached hydrogen (secondary N) is 4. The molecule has 4 rings (SSSR count). The van der Waals surface area contributed by atoms with Crippen molar-refractivity contribution in [3.8, 4) is 11.8 Å². The van der Waals surface area contributed by atoms with Crippen molar-refractivity contribution in [2.24, 2.45) is 17.8 Å². The molecule has 1 saturated carbocycles. The van der Waals surface area contributed by atoms with Gasteiger partial charge in [-0.3, -0.25) is 4.79 Å². The van der Waals surface area contributed by atoms with E-state index in [-0.39, 0.29) is 30.1 Å². The molecule has 38 heavy (non-hydrogen) atoms. The van der Waals surface area contributed by atoms with Gasteiger partial charge in [-0.25, -0.2) is 9.59 Å². The van der Waals surface area contributed by atoms with Crippen LogP contribution >= 0.6 is 11.8 Å². The van der Waals surface area contributed by atoms with Gasteiger partial charge in [-0.15, -0.1) is 11.8 Å². The number of hydrogen-bond acceptors (Lipinski definition) is 7. The molecular weight excluding hydrogens is 508 g/mol. The molecule has 0 radical (unpaired) electrons. The molecule has 2 heterocycles. The zero-order chi connectivity index (χ0) is 26.6. The molecule has 2 saturated heterocycles. The van der Waals surface area contributed by atoms with Gasteiger partial charge in [0.1, 0.15) is 0 Å². The van der Waals surface area contributed by atoms with Crippen molar-refractivity contribution in [1.82, 2.24) is 21.3 Å². The first-order valence-corrected chi connectivity index (χ1v) is 15.1. The summed E-state index contributed by atoms with van der Waals surface area (Å²) < 4.78 is 16.3. The van der Waals surface area contributed by atoms with E-state index in [9.17, 15) is 14.4 Å². The van der Waals surface area contributed by atoms with E-state index in [0.29, 0.717) is 75.5 Å². The van der Waals surface area contributed by atoms with E-state index in [0.717, 1.165) is 50.7 Å². The molecule has 1 unspecified atom stereocenters. The lowest BCUT2D eigenvalue weighted by Gasteiger charge is -2.16. The van der Waals surface area contributed by atoms with Gasteiger partial charge >= 0.3 is 12.1 Å². The van der Waals surface area contributed by atoms with Crippen molar-refractivity contribution in [1.29, 1.82) is 0 Å². The third-order valence-electron chi connectivity index (χ3n) is 7.78. The van der Waals surface area contributed by atoms with Crippen LogP contribution in [0.15, 0.2) is 0 Å². The topological polar surface area (TPSA) is 127 Å². The van der Waals surface area contributed by atoms with Crippen LogP contribution in [0.5, 0.6) is 0 Å². The predicted octanol–water partition coefficient (Wildman–Crippen LogP) is 2.03. The number of ether oxygens (including phenoxy) is 3. The molecule has 2 aliphatic heterocycles. The van der Waals surface area contributed by atoms with Crippen LogP contribution in [0.4, 0.5) is 9.59 Å². The van der Waals surface area contributed by atoms with Crippen molar-refractivity contribution >= 4 is 29.8 Å². The Bertz CT molecular complexity index is 846. The van der Waals surface area contributed by atoms with Crippen LogP contribution in [0, 0.1) is 29.6 Å². The second-order valence-corrected chi connectivity index (χ2v) is 11.7. The summed E-state index contributed by atoms with van der Waals surface area (Å²) in [6, 6.07) is 0.414. The Morgan fingerprint density at radius 3 is 2.39 bits per heavy atom. The van der Waals surface area contributed by atoms with Gasteiger partial charge in [-0.1, -0.05) is 6.42 Å². The monoisotopic (exact) mass is 550 g/mol. The molecule has 0 bridgehead atoms. The summed E-state index contributed by atoms with van der Waals surface area (Å²) in [5.41, 5.74) is 0. The average Bonchev–Trinajstić information content (AvgIpc) is 3.16. The van der Waals surface area contributed by atoms with Crippen LogP contribution in [0.2, 0.25) is 0 Å². The molecule has 0 aromatic heterocycles. The van der Waals surface area contributed by atoms with Gasteiger partial charge < -0.3 is 35.5 Å².